The van der Waals surface area contributed by atoms with E-state index in [0.29, 0.717) is 6.42 Å². The predicted octanol–water partition coefficient (Wildman–Crippen LogP) is 7.82. The third-order valence-corrected chi connectivity index (χ3v) is 8.24. The number of carbonyl (C=O) groups is 1. The van der Waals surface area contributed by atoms with Gasteiger partial charge in [0.2, 0.25) is 0 Å². The number of fused-ring (bicyclic) bond motifs is 1. The van der Waals surface area contributed by atoms with Crippen LogP contribution in [0, 0.1) is 5.82 Å². The Morgan fingerprint density at radius 2 is 1.79 bits per heavy atom. The highest BCUT2D eigenvalue weighted by Crippen LogP contribution is 2.31. The summed E-state index contributed by atoms with van der Waals surface area (Å²) >= 11 is 0. The van der Waals surface area contributed by atoms with Crippen molar-refractivity contribution in [2.45, 2.75) is 59.5 Å². The van der Waals surface area contributed by atoms with Crippen LogP contribution in [0.2, 0.25) is 0 Å². The molecule has 3 aromatic rings. The number of para-hydroxylation sites is 1. The van der Waals surface area contributed by atoms with Crippen LogP contribution in [-0.2, 0) is 13.1 Å². The van der Waals surface area contributed by atoms with Gasteiger partial charge in [0.15, 0.2) is 5.78 Å². The van der Waals surface area contributed by atoms with Gasteiger partial charge in [0.1, 0.15) is 11.6 Å². The molecular formula is C36H46FN3O2. The Kier molecular flexibility index (Phi) is 11.3. The fourth-order valence-electron chi connectivity index (χ4n) is 6.06. The Bertz CT molecular complexity index is 1430. The van der Waals surface area contributed by atoms with Crippen molar-refractivity contribution in [3.05, 3.63) is 101 Å². The second-order valence-corrected chi connectivity index (χ2v) is 11.3. The van der Waals surface area contributed by atoms with Crippen LogP contribution in [0.5, 0.6) is 5.75 Å². The van der Waals surface area contributed by atoms with Gasteiger partial charge in [0.05, 0.1) is 12.6 Å². The summed E-state index contributed by atoms with van der Waals surface area (Å²) in [6, 6.07) is 12.9. The van der Waals surface area contributed by atoms with Gasteiger partial charge in [0, 0.05) is 49.7 Å². The van der Waals surface area contributed by atoms with Crippen molar-refractivity contribution < 1.29 is 13.9 Å². The zero-order valence-electron chi connectivity index (χ0n) is 24.4. The van der Waals surface area contributed by atoms with Crippen LogP contribution in [0.1, 0.15) is 62.4 Å². The molecule has 5 rings (SSSR count). The Balaban J connectivity index is 0.00000405. The van der Waals surface area contributed by atoms with Crippen molar-refractivity contribution in [3.63, 3.8) is 0 Å². The Labute approximate surface area is 251 Å². The molecule has 0 atom stereocenters. The molecule has 5 nitrogen and oxygen atoms in total. The van der Waals surface area contributed by atoms with E-state index in [1.807, 2.05) is 30.3 Å². The SMILES string of the molecule is C.COc1cccc2c(C(=O)CCC3=CC(C)=CC=CC3)cn(CCCN3CCCN(Cc4ccc(F)cc4)CC3)c12. The van der Waals surface area contributed by atoms with Crippen LogP contribution in [0.3, 0.4) is 0 Å². The van der Waals surface area contributed by atoms with Gasteiger partial charge in [-0.05, 0) is 76.0 Å². The van der Waals surface area contributed by atoms with E-state index in [4.69, 9.17) is 4.74 Å². The lowest BCUT2D eigenvalue weighted by molar-refractivity contribution is 0.0984. The number of hydrogen-bond acceptors (Lipinski definition) is 4. The number of ketones is 1. The second kappa shape index (κ2) is 15.1. The molecule has 1 fully saturated rings. The fraction of sp³-hybridized carbons (Fsp3) is 0.417. The number of Topliss-reactive ketones (excluding diaryl/α,β-unsaturated/α-hetero) is 1. The summed E-state index contributed by atoms with van der Waals surface area (Å²) in [5.41, 5.74) is 5.49. The van der Waals surface area contributed by atoms with E-state index in [2.05, 4.69) is 51.8 Å². The minimum Gasteiger partial charge on any atom is -0.495 e. The summed E-state index contributed by atoms with van der Waals surface area (Å²) in [5.74, 6) is 0.815. The molecule has 0 radical (unpaired) electrons. The second-order valence-electron chi connectivity index (χ2n) is 11.3. The number of rotatable bonds is 11. The van der Waals surface area contributed by atoms with E-state index in [9.17, 15) is 9.18 Å². The summed E-state index contributed by atoms with van der Waals surface area (Å²) in [5, 5.41) is 0.978. The molecule has 42 heavy (non-hydrogen) atoms. The molecule has 224 valence electrons. The highest BCUT2D eigenvalue weighted by atomic mass is 19.1. The van der Waals surface area contributed by atoms with Crippen LogP contribution >= 0.6 is 0 Å². The van der Waals surface area contributed by atoms with Crippen molar-refractivity contribution in [1.82, 2.24) is 14.4 Å². The lowest BCUT2D eigenvalue weighted by Crippen LogP contribution is -2.31. The first-order valence-corrected chi connectivity index (χ1v) is 14.9. The summed E-state index contributed by atoms with van der Waals surface area (Å²) in [7, 11) is 1.70. The Morgan fingerprint density at radius 3 is 2.60 bits per heavy atom. The number of benzene rings is 2. The van der Waals surface area contributed by atoms with E-state index < -0.39 is 0 Å². The van der Waals surface area contributed by atoms with Crippen LogP contribution < -0.4 is 4.74 Å². The molecule has 2 aromatic carbocycles. The largest absolute Gasteiger partial charge is 0.495 e. The molecule has 0 N–H and O–H groups in total. The molecular weight excluding hydrogens is 525 g/mol. The Hall–Kier alpha value is -3.48. The smallest absolute Gasteiger partial charge is 0.165 e. The van der Waals surface area contributed by atoms with Gasteiger partial charge < -0.3 is 14.2 Å². The molecule has 2 heterocycles. The summed E-state index contributed by atoms with van der Waals surface area (Å²) in [6.45, 7) is 8.99. The maximum Gasteiger partial charge on any atom is 0.165 e. The van der Waals surface area contributed by atoms with Gasteiger partial charge in [-0.15, -0.1) is 0 Å². The van der Waals surface area contributed by atoms with E-state index in [1.165, 1.54) is 11.1 Å². The molecule has 2 aliphatic rings. The number of hydrogen-bond donors (Lipinski definition) is 0. The normalized spacial score (nSPS) is 16.4. The first-order chi connectivity index (χ1) is 20.0. The van der Waals surface area contributed by atoms with Crippen molar-refractivity contribution in [1.29, 1.82) is 0 Å². The molecule has 1 aliphatic carbocycles. The number of nitrogens with zero attached hydrogens (tertiary/aromatic N) is 3. The van der Waals surface area contributed by atoms with E-state index >= 15 is 0 Å². The molecule has 6 heteroatoms. The fourth-order valence-corrected chi connectivity index (χ4v) is 6.06. The maximum absolute atomic E-state index is 13.5. The average Bonchev–Trinajstić information content (AvgIpc) is 3.08. The lowest BCUT2D eigenvalue weighted by atomic mass is 9.99. The molecule has 0 bridgehead atoms. The highest BCUT2D eigenvalue weighted by Gasteiger charge is 2.19. The van der Waals surface area contributed by atoms with Crippen LogP contribution in [0.4, 0.5) is 4.39 Å². The molecule has 0 spiro atoms. The van der Waals surface area contributed by atoms with Crippen molar-refractivity contribution in [2.75, 3.05) is 39.8 Å². The predicted molar refractivity (Wildman–Crippen MR) is 172 cm³/mol. The molecule has 1 aliphatic heterocycles. The van der Waals surface area contributed by atoms with Crippen LogP contribution in [0.25, 0.3) is 10.9 Å². The number of ether oxygens (including phenoxy) is 1. The van der Waals surface area contributed by atoms with Gasteiger partial charge in [-0.2, -0.15) is 0 Å². The lowest BCUT2D eigenvalue weighted by Gasteiger charge is -2.22. The topological polar surface area (TPSA) is 37.7 Å². The van der Waals surface area contributed by atoms with Crippen molar-refractivity contribution >= 4 is 16.7 Å². The number of carbonyl (C=O) groups excluding carboxylic acids is 1. The number of allylic oxidation sites excluding steroid dienone is 6. The number of methoxy groups -OCH3 is 1. The van der Waals surface area contributed by atoms with Crippen LogP contribution in [0.15, 0.2) is 84.1 Å². The van der Waals surface area contributed by atoms with E-state index in [0.717, 1.165) is 99.3 Å². The highest BCUT2D eigenvalue weighted by molar-refractivity contribution is 6.09. The monoisotopic (exact) mass is 571 g/mol. The zero-order valence-corrected chi connectivity index (χ0v) is 24.4. The summed E-state index contributed by atoms with van der Waals surface area (Å²) in [6.07, 6.45) is 14.9. The van der Waals surface area contributed by atoms with Crippen molar-refractivity contribution in [2.24, 2.45) is 0 Å². The third-order valence-electron chi connectivity index (χ3n) is 8.24. The standard InChI is InChI=1S/C35H42FN3O2.CH4/c1-27-8-3-4-9-28(24-27)14-17-33(40)32-26-39(35-31(32)10-5-11-34(35)41-2)21-7-19-37-18-6-20-38(23-22-37)25-29-12-15-30(36)16-13-29;/h3-5,8,10-13,15-16,24,26H,6-7,9,14,17-23,25H2,1-2H3;1H4. The molecule has 0 saturated carbocycles. The zero-order chi connectivity index (χ0) is 28.6. The number of halogens is 1. The molecule has 0 unspecified atom stereocenters. The average molecular weight is 572 g/mol. The summed E-state index contributed by atoms with van der Waals surface area (Å²) in [4.78, 5) is 18.5. The minimum absolute atomic E-state index is 0. The van der Waals surface area contributed by atoms with Crippen LogP contribution in [-0.4, -0.2) is 60.0 Å². The van der Waals surface area contributed by atoms with Gasteiger partial charge in [0.25, 0.3) is 0 Å². The van der Waals surface area contributed by atoms with Gasteiger partial charge in [-0.3, -0.25) is 9.69 Å². The molecule has 0 amide bonds. The van der Waals surface area contributed by atoms with E-state index in [1.54, 1.807) is 19.2 Å². The van der Waals surface area contributed by atoms with Gasteiger partial charge >= 0.3 is 0 Å². The Morgan fingerprint density at radius 1 is 1.00 bits per heavy atom. The van der Waals surface area contributed by atoms with Gasteiger partial charge in [-0.1, -0.05) is 67.1 Å². The van der Waals surface area contributed by atoms with Crippen molar-refractivity contribution in [3.8, 4) is 5.75 Å². The summed E-state index contributed by atoms with van der Waals surface area (Å²) < 4.78 is 21.2. The molecule has 1 aromatic heterocycles. The van der Waals surface area contributed by atoms with E-state index in [-0.39, 0.29) is 19.0 Å². The number of aryl methyl sites for hydroxylation is 1. The minimum atomic E-state index is -0.182. The molecule has 1 saturated heterocycles. The quantitative estimate of drug-likeness (QED) is 0.220. The van der Waals surface area contributed by atoms with Gasteiger partial charge in [-0.25, -0.2) is 4.39 Å². The maximum atomic E-state index is 13.5. The first-order valence-electron chi connectivity index (χ1n) is 14.9. The third kappa shape index (κ3) is 8.08. The number of aromatic nitrogens is 1. The first kappa shape index (κ1) is 31.5.